The van der Waals surface area contributed by atoms with E-state index in [2.05, 4.69) is 10.6 Å². The average Bonchev–Trinajstić information content (AvgIpc) is 3.45. The van der Waals surface area contributed by atoms with Crippen LogP contribution in [-0.4, -0.2) is 27.7 Å². The fourth-order valence-corrected chi connectivity index (χ4v) is 4.51. The van der Waals surface area contributed by atoms with Crippen LogP contribution in [-0.2, 0) is 17.8 Å². The molecule has 2 N–H and O–H groups in total. The minimum atomic E-state index is -0.602. The first-order valence-electron chi connectivity index (χ1n) is 10.9. The van der Waals surface area contributed by atoms with Crippen molar-refractivity contribution >= 4 is 23.3 Å². The lowest BCUT2D eigenvalue weighted by atomic mass is 10.0. The molecular weight excluding hydrogens is 397 g/mol. The molecule has 1 aromatic heterocycles. The number of amides is 2. The van der Waals surface area contributed by atoms with Gasteiger partial charge in [0.15, 0.2) is 0 Å². The van der Waals surface area contributed by atoms with Crippen molar-refractivity contribution in [3.63, 3.8) is 0 Å². The molecule has 2 aliphatic rings. The summed E-state index contributed by atoms with van der Waals surface area (Å²) < 4.78 is 15.4. The number of benzene rings is 1. The second-order valence-corrected chi connectivity index (χ2v) is 8.74. The van der Waals surface area contributed by atoms with Gasteiger partial charge in [0, 0.05) is 23.5 Å². The van der Waals surface area contributed by atoms with Crippen LogP contribution in [0.3, 0.4) is 0 Å². The maximum atomic E-state index is 13.6. The highest BCUT2D eigenvalue weighted by Crippen LogP contribution is 2.38. The summed E-state index contributed by atoms with van der Waals surface area (Å²) in [5.41, 5.74) is 2.73. The standard InChI is InChI=1S/C24H28FN3O3/c1-4-24(10-11-24)27-23(31)21(29)20-15(3)19(18-7-5-6-12-28(18)20)22(30)26-16-8-9-17(25)14(2)13-16/h8-9,13H,4-7,10-12H2,1-3H3,(H,26,30)(H,27,31). The zero-order valence-corrected chi connectivity index (χ0v) is 18.2. The molecule has 31 heavy (non-hydrogen) atoms. The molecular formula is C24H28FN3O3. The number of carbonyl (C=O) groups excluding carboxylic acids is 3. The normalized spacial score (nSPS) is 16.4. The van der Waals surface area contributed by atoms with Gasteiger partial charge >= 0.3 is 0 Å². The fourth-order valence-electron chi connectivity index (χ4n) is 4.51. The van der Waals surface area contributed by atoms with Crippen LogP contribution in [0.1, 0.15) is 76.7 Å². The Kier molecular flexibility index (Phi) is 5.45. The maximum absolute atomic E-state index is 13.6. The van der Waals surface area contributed by atoms with Crippen molar-refractivity contribution in [3.8, 4) is 0 Å². The van der Waals surface area contributed by atoms with Crippen molar-refractivity contribution < 1.29 is 18.8 Å². The summed E-state index contributed by atoms with van der Waals surface area (Å²) in [5, 5.41) is 5.73. The van der Waals surface area contributed by atoms with Crippen LogP contribution in [0, 0.1) is 19.7 Å². The summed E-state index contributed by atoms with van der Waals surface area (Å²) in [6.07, 6.45) is 5.04. The SMILES string of the molecule is CCC1(NC(=O)C(=O)c2c(C)c(C(=O)Nc3ccc(F)c(C)c3)c3n2CCCC3)CC1. The predicted octanol–water partition coefficient (Wildman–Crippen LogP) is 4.07. The molecule has 6 nitrogen and oxygen atoms in total. The quantitative estimate of drug-likeness (QED) is 0.541. The number of nitrogens with one attached hydrogen (secondary N) is 2. The van der Waals surface area contributed by atoms with E-state index in [-0.39, 0.29) is 17.3 Å². The molecule has 1 fully saturated rings. The van der Waals surface area contributed by atoms with Gasteiger partial charge in [0.05, 0.1) is 11.3 Å². The van der Waals surface area contributed by atoms with Gasteiger partial charge in [0.25, 0.3) is 17.6 Å². The Morgan fingerprint density at radius 2 is 1.90 bits per heavy atom. The van der Waals surface area contributed by atoms with Gasteiger partial charge in [0.2, 0.25) is 0 Å². The second kappa shape index (κ2) is 7.94. The molecule has 1 aliphatic carbocycles. The van der Waals surface area contributed by atoms with E-state index in [9.17, 15) is 18.8 Å². The first kappa shape index (κ1) is 21.3. The van der Waals surface area contributed by atoms with Gasteiger partial charge in [-0.1, -0.05) is 6.92 Å². The number of halogens is 1. The highest BCUT2D eigenvalue weighted by molar-refractivity contribution is 6.43. The summed E-state index contributed by atoms with van der Waals surface area (Å²) in [4.78, 5) is 39.0. The number of Topliss-reactive ketones (excluding diaryl/α,β-unsaturated/α-hetero) is 1. The van der Waals surface area contributed by atoms with Crippen LogP contribution >= 0.6 is 0 Å². The van der Waals surface area contributed by atoms with Gasteiger partial charge < -0.3 is 15.2 Å². The van der Waals surface area contributed by atoms with Crippen molar-refractivity contribution in [2.45, 2.75) is 71.4 Å². The summed E-state index contributed by atoms with van der Waals surface area (Å²) >= 11 is 0. The minimum Gasteiger partial charge on any atom is -0.344 e. The van der Waals surface area contributed by atoms with E-state index >= 15 is 0 Å². The predicted molar refractivity (Wildman–Crippen MR) is 116 cm³/mol. The Morgan fingerprint density at radius 1 is 1.16 bits per heavy atom. The van der Waals surface area contributed by atoms with E-state index in [4.69, 9.17) is 0 Å². The number of aromatic nitrogens is 1. The topological polar surface area (TPSA) is 80.2 Å². The van der Waals surface area contributed by atoms with E-state index in [1.165, 1.54) is 12.1 Å². The summed E-state index contributed by atoms with van der Waals surface area (Å²) in [5.74, 6) is -1.87. The number of ketones is 1. The molecule has 7 heteroatoms. The van der Waals surface area contributed by atoms with Crippen molar-refractivity contribution in [1.29, 1.82) is 0 Å². The lowest BCUT2D eigenvalue weighted by Gasteiger charge is -2.19. The molecule has 0 radical (unpaired) electrons. The van der Waals surface area contributed by atoms with Gasteiger partial charge in [-0.25, -0.2) is 4.39 Å². The van der Waals surface area contributed by atoms with Gasteiger partial charge in [-0.15, -0.1) is 0 Å². The van der Waals surface area contributed by atoms with Gasteiger partial charge in [-0.2, -0.15) is 0 Å². The molecule has 2 amide bonds. The Balaban J connectivity index is 1.66. The lowest BCUT2D eigenvalue weighted by Crippen LogP contribution is -2.41. The smallest absolute Gasteiger partial charge is 0.294 e. The highest BCUT2D eigenvalue weighted by Gasteiger charge is 2.44. The third kappa shape index (κ3) is 3.89. The molecule has 164 valence electrons. The zero-order chi connectivity index (χ0) is 22.3. The van der Waals surface area contributed by atoms with Crippen LogP contribution in [0.4, 0.5) is 10.1 Å². The number of nitrogens with zero attached hydrogens (tertiary/aromatic N) is 1. The highest BCUT2D eigenvalue weighted by atomic mass is 19.1. The third-order valence-corrected chi connectivity index (χ3v) is 6.63. The van der Waals surface area contributed by atoms with E-state index in [1.54, 1.807) is 19.9 Å². The van der Waals surface area contributed by atoms with E-state index in [0.29, 0.717) is 41.0 Å². The van der Waals surface area contributed by atoms with Gasteiger partial charge in [0.1, 0.15) is 5.82 Å². The second-order valence-electron chi connectivity index (χ2n) is 8.74. The molecule has 0 atom stereocenters. The molecule has 0 spiro atoms. The van der Waals surface area contributed by atoms with Crippen molar-refractivity contribution in [2.75, 3.05) is 5.32 Å². The number of fused-ring (bicyclic) bond motifs is 1. The first-order valence-corrected chi connectivity index (χ1v) is 10.9. The van der Waals surface area contributed by atoms with Gasteiger partial charge in [-0.3, -0.25) is 14.4 Å². The Bertz CT molecular complexity index is 1080. The number of rotatable bonds is 6. The third-order valence-electron chi connectivity index (χ3n) is 6.63. The number of hydrogen-bond acceptors (Lipinski definition) is 3. The van der Waals surface area contributed by atoms with E-state index in [0.717, 1.165) is 37.8 Å². The number of carbonyl (C=O) groups is 3. The maximum Gasteiger partial charge on any atom is 0.294 e. The molecule has 1 saturated carbocycles. The number of aryl methyl sites for hydroxylation is 1. The average molecular weight is 426 g/mol. The molecule has 2 aromatic rings. The van der Waals surface area contributed by atoms with Crippen LogP contribution in [0.5, 0.6) is 0 Å². The van der Waals surface area contributed by atoms with Crippen LogP contribution in [0.2, 0.25) is 0 Å². The number of anilines is 1. The minimum absolute atomic E-state index is 0.251. The number of hydrogen-bond donors (Lipinski definition) is 2. The molecule has 2 heterocycles. The van der Waals surface area contributed by atoms with Crippen LogP contribution in [0.15, 0.2) is 18.2 Å². The van der Waals surface area contributed by atoms with Gasteiger partial charge in [-0.05, 0) is 81.7 Å². The van der Waals surface area contributed by atoms with Crippen molar-refractivity contribution in [1.82, 2.24) is 9.88 Å². The zero-order valence-electron chi connectivity index (χ0n) is 18.2. The summed E-state index contributed by atoms with van der Waals surface area (Å²) in [6, 6.07) is 4.40. The van der Waals surface area contributed by atoms with Crippen molar-refractivity contribution in [3.05, 3.63) is 52.1 Å². The monoisotopic (exact) mass is 425 g/mol. The van der Waals surface area contributed by atoms with E-state index in [1.807, 2.05) is 11.5 Å². The Labute approximate surface area is 181 Å². The van der Waals surface area contributed by atoms with Crippen LogP contribution in [0.25, 0.3) is 0 Å². The Morgan fingerprint density at radius 3 is 2.55 bits per heavy atom. The first-order chi connectivity index (χ1) is 14.8. The van der Waals surface area contributed by atoms with Crippen molar-refractivity contribution in [2.24, 2.45) is 0 Å². The lowest BCUT2D eigenvalue weighted by molar-refractivity contribution is -0.118. The van der Waals surface area contributed by atoms with E-state index < -0.39 is 11.7 Å². The summed E-state index contributed by atoms with van der Waals surface area (Å²) in [7, 11) is 0. The molecule has 1 aromatic carbocycles. The molecule has 4 rings (SSSR count). The Hall–Kier alpha value is -2.96. The fraction of sp³-hybridized carbons (Fsp3) is 0.458. The molecule has 1 aliphatic heterocycles. The summed E-state index contributed by atoms with van der Waals surface area (Å²) in [6.45, 7) is 5.96. The molecule has 0 saturated heterocycles. The molecule has 0 bridgehead atoms. The van der Waals surface area contributed by atoms with Crippen LogP contribution < -0.4 is 10.6 Å². The molecule has 0 unspecified atom stereocenters. The largest absolute Gasteiger partial charge is 0.344 e.